The highest BCUT2D eigenvalue weighted by Crippen LogP contribution is 2.23. The Morgan fingerprint density at radius 1 is 1.00 bits per heavy atom. The molecule has 1 aromatic heterocycles. The predicted molar refractivity (Wildman–Crippen MR) is 91.5 cm³/mol. The average molecular weight is 332 g/mol. The third-order valence-electron chi connectivity index (χ3n) is 4.24. The van der Waals surface area contributed by atoms with Crippen LogP contribution in [0.5, 0.6) is 0 Å². The normalized spacial score (nSPS) is 15.8. The summed E-state index contributed by atoms with van der Waals surface area (Å²) >= 11 is 0. The molecule has 4 nitrogen and oxygen atoms in total. The van der Waals surface area contributed by atoms with Crippen LogP contribution in [0.25, 0.3) is 0 Å². The Labute approximate surface area is 140 Å². The summed E-state index contributed by atoms with van der Waals surface area (Å²) < 4.78 is 26.8. The molecule has 24 heavy (non-hydrogen) atoms. The van der Waals surface area contributed by atoms with Gasteiger partial charge in [-0.1, -0.05) is 25.7 Å². The third-order valence-corrected chi connectivity index (χ3v) is 4.24. The molecule has 0 atom stereocenters. The van der Waals surface area contributed by atoms with Crippen LogP contribution in [-0.2, 0) is 0 Å². The number of benzene rings is 1. The van der Waals surface area contributed by atoms with Crippen molar-refractivity contribution in [3.05, 3.63) is 41.6 Å². The minimum absolute atomic E-state index is 0.190. The first-order valence-electron chi connectivity index (χ1n) is 8.44. The van der Waals surface area contributed by atoms with Gasteiger partial charge < -0.3 is 10.6 Å². The summed E-state index contributed by atoms with van der Waals surface area (Å²) in [5, 5.41) is 6.29. The van der Waals surface area contributed by atoms with E-state index in [9.17, 15) is 8.78 Å². The summed E-state index contributed by atoms with van der Waals surface area (Å²) in [4.78, 5) is 8.84. The van der Waals surface area contributed by atoms with Gasteiger partial charge in [0.05, 0.1) is 5.69 Å². The van der Waals surface area contributed by atoms with Crippen molar-refractivity contribution in [2.75, 3.05) is 10.6 Å². The number of rotatable bonds is 4. The smallest absolute Gasteiger partial charge is 0.225 e. The molecule has 1 aliphatic carbocycles. The standard InChI is InChI=1S/C18H22F2N4/c1-12-10-17(23-16-9-8-13(19)11-15(16)20)24-18(21-12)22-14-6-4-2-3-5-7-14/h8-11,14H,2-7H2,1H3,(H2,21,22,23,24). The Hall–Kier alpha value is -2.24. The van der Waals surface area contributed by atoms with Gasteiger partial charge in [-0.15, -0.1) is 0 Å². The lowest BCUT2D eigenvalue weighted by atomic mass is 10.1. The van der Waals surface area contributed by atoms with E-state index in [0.29, 0.717) is 17.8 Å². The number of hydrogen-bond acceptors (Lipinski definition) is 4. The van der Waals surface area contributed by atoms with Gasteiger partial charge in [0.15, 0.2) is 0 Å². The van der Waals surface area contributed by atoms with Gasteiger partial charge in [0.1, 0.15) is 17.5 Å². The fraction of sp³-hybridized carbons (Fsp3) is 0.444. The minimum Gasteiger partial charge on any atom is -0.351 e. The average Bonchev–Trinajstić information content (AvgIpc) is 2.78. The van der Waals surface area contributed by atoms with Crippen molar-refractivity contribution < 1.29 is 8.78 Å². The van der Waals surface area contributed by atoms with Gasteiger partial charge in [-0.2, -0.15) is 4.98 Å². The molecule has 0 spiro atoms. The molecule has 3 rings (SSSR count). The van der Waals surface area contributed by atoms with Crippen LogP contribution in [0.15, 0.2) is 24.3 Å². The fourth-order valence-corrected chi connectivity index (χ4v) is 3.03. The Bertz CT molecular complexity index is 697. The van der Waals surface area contributed by atoms with E-state index in [4.69, 9.17) is 0 Å². The number of anilines is 3. The molecule has 1 fully saturated rings. The summed E-state index contributed by atoms with van der Waals surface area (Å²) in [5.41, 5.74) is 0.973. The van der Waals surface area contributed by atoms with Crippen molar-refractivity contribution in [1.29, 1.82) is 0 Å². The summed E-state index contributed by atoms with van der Waals surface area (Å²) in [7, 11) is 0. The molecule has 1 saturated carbocycles. The highest BCUT2D eigenvalue weighted by Gasteiger charge is 2.14. The van der Waals surface area contributed by atoms with Crippen molar-refractivity contribution in [3.8, 4) is 0 Å². The Kier molecular flexibility index (Phi) is 5.23. The molecule has 1 aliphatic rings. The van der Waals surface area contributed by atoms with Crippen LogP contribution in [-0.4, -0.2) is 16.0 Å². The lowest BCUT2D eigenvalue weighted by Gasteiger charge is -2.17. The van der Waals surface area contributed by atoms with E-state index in [1.54, 1.807) is 6.07 Å². The number of halogens is 2. The minimum atomic E-state index is -0.649. The van der Waals surface area contributed by atoms with E-state index >= 15 is 0 Å². The quantitative estimate of drug-likeness (QED) is 0.779. The number of hydrogen-bond donors (Lipinski definition) is 2. The zero-order chi connectivity index (χ0) is 16.9. The summed E-state index contributed by atoms with van der Waals surface area (Å²) in [6, 6.07) is 5.54. The topological polar surface area (TPSA) is 49.8 Å². The summed E-state index contributed by atoms with van der Waals surface area (Å²) in [6.07, 6.45) is 7.23. The monoisotopic (exact) mass is 332 g/mol. The molecule has 2 aromatic rings. The van der Waals surface area contributed by atoms with Crippen LogP contribution in [0, 0.1) is 18.6 Å². The molecule has 0 amide bonds. The fourth-order valence-electron chi connectivity index (χ4n) is 3.03. The van der Waals surface area contributed by atoms with Gasteiger partial charge in [0, 0.05) is 23.9 Å². The molecule has 2 N–H and O–H groups in total. The van der Waals surface area contributed by atoms with E-state index in [0.717, 1.165) is 24.6 Å². The van der Waals surface area contributed by atoms with E-state index in [1.165, 1.54) is 37.8 Å². The zero-order valence-electron chi connectivity index (χ0n) is 13.8. The SMILES string of the molecule is Cc1cc(Nc2ccc(F)cc2F)nc(NC2CCCCCC2)n1. The maximum absolute atomic E-state index is 13.8. The number of aromatic nitrogens is 2. The molecule has 128 valence electrons. The van der Waals surface area contributed by atoms with Crippen molar-refractivity contribution >= 4 is 17.5 Å². The maximum Gasteiger partial charge on any atom is 0.225 e. The number of aryl methyl sites for hydroxylation is 1. The van der Waals surface area contributed by atoms with Crippen LogP contribution < -0.4 is 10.6 Å². The highest BCUT2D eigenvalue weighted by atomic mass is 19.1. The molecule has 0 saturated heterocycles. The first-order chi connectivity index (χ1) is 11.6. The second kappa shape index (κ2) is 7.55. The first kappa shape index (κ1) is 16.6. The first-order valence-corrected chi connectivity index (χ1v) is 8.44. The number of nitrogens with one attached hydrogen (secondary N) is 2. The predicted octanol–water partition coefficient (Wildman–Crippen LogP) is 4.94. The van der Waals surface area contributed by atoms with Gasteiger partial charge in [-0.05, 0) is 31.9 Å². The zero-order valence-corrected chi connectivity index (χ0v) is 13.8. The van der Waals surface area contributed by atoms with Crippen molar-refractivity contribution in [2.24, 2.45) is 0 Å². The van der Waals surface area contributed by atoms with E-state index in [2.05, 4.69) is 20.6 Å². The van der Waals surface area contributed by atoms with Crippen molar-refractivity contribution in [3.63, 3.8) is 0 Å². The molecular formula is C18H22F2N4. The van der Waals surface area contributed by atoms with Crippen LogP contribution in [0.2, 0.25) is 0 Å². The molecule has 1 aromatic carbocycles. The Morgan fingerprint density at radius 3 is 2.46 bits per heavy atom. The molecule has 6 heteroatoms. The molecule has 0 radical (unpaired) electrons. The Morgan fingerprint density at radius 2 is 1.75 bits per heavy atom. The molecule has 1 heterocycles. The van der Waals surface area contributed by atoms with Gasteiger partial charge in [-0.25, -0.2) is 13.8 Å². The second-order valence-corrected chi connectivity index (χ2v) is 6.30. The molecule has 0 unspecified atom stereocenters. The highest BCUT2D eigenvalue weighted by molar-refractivity contribution is 5.58. The van der Waals surface area contributed by atoms with E-state index in [1.807, 2.05) is 6.92 Å². The summed E-state index contributed by atoms with van der Waals surface area (Å²) in [6.45, 7) is 1.87. The molecule has 0 bridgehead atoms. The molecule has 0 aliphatic heterocycles. The largest absolute Gasteiger partial charge is 0.351 e. The second-order valence-electron chi connectivity index (χ2n) is 6.30. The van der Waals surface area contributed by atoms with Crippen LogP contribution in [0.3, 0.4) is 0 Å². The maximum atomic E-state index is 13.8. The van der Waals surface area contributed by atoms with Crippen LogP contribution in [0.1, 0.15) is 44.2 Å². The van der Waals surface area contributed by atoms with Crippen molar-refractivity contribution in [1.82, 2.24) is 9.97 Å². The van der Waals surface area contributed by atoms with Gasteiger partial charge >= 0.3 is 0 Å². The number of nitrogens with zero attached hydrogens (tertiary/aromatic N) is 2. The van der Waals surface area contributed by atoms with Crippen LogP contribution >= 0.6 is 0 Å². The van der Waals surface area contributed by atoms with Gasteiger partial charge in [0.25, 0.3) is 0 Å². The van der Waals surface area contributed by atoms with Gasteiger partial charge in [-0.3, -0.25) is 0 Å². The lowest BCUT2D eigenvalue weighted by molar-refractivity contribution is 0.586. The molecular weight excluding hydrogens is 310 g/mol. The van der Waals surface area contributed by atoms with Crippen LogP contribution in [0.4, 0.5) is 26.2 Å². The Balaban J connectivity index is 1.75. The van der Waals surface area contributed by atoms with Crippen molar-refractivity contribution in [2.45, 2.75) is 51.5 Å². The van der Waals surface area contributed by atoms with Gasteiger partial charge in [0.2, 0.25) is 5.95 Å². The third kappa shape index (κ3) is 4.40. The van der Waals surface area contributed by atoms with E-state index < -0.39 is 11.6 Å². The summed E-state index contributed by atoms with van der Waals surface area (Å²) in [5.74, 6) is -0.215. The van der Waals surface area contributed by atoms with E-state index in [-0.39, 0.29) is 5.69 Å². The lowest BCUT2D eigenvalue weighted by Crippen LogP contribution is -2.20.